The van der Waals surface area contributed by atoms with Crippen molar-refractivity contribution in [1.29, 1.82) is 0 Å². The van der Waals surface area contributed by atoms with Crippen LogP contribution in [0.15, 0.2) is 42.6 Å². The molecule has 0 radical (unpaired) electrons. The Bertz CT molecular complexity index is 847. The van der Waals surface area contributed by atoms with Gasteiger partial charge in [-0.3, -0.25) is 4.79 Å². The first-order valence-corrected chi connectivity index (χ1v) is 10.1. The number of aromatic nitrogens is 3. The highest BCUT2D eigenvalue weighted by molar-refractivity contribution is 7.98. The summed E-state index contributed by atoms with van der Waals surface area (Å²) in [6.45, 7) is 0. The van der Waals surface area contributed by atoms with Gasteiger partial charge in [0.15, 0.2) is 0 Å². The summed E-state index contributed by atoms with van der Waals surface area (Å²) in [6.07, 6.45) is 7.25. The van der Waals surface area contributed by atoms with E-state index in [1.165, 1.54) is 0 Å². The molecule has 1 aliphatic rings. The molecule has 0 unspecified atom stereocenters. The van der Waals surface area contributed by atoms with Crippen LogP contribution in [0.2, 0.25) is 0 Å². The van der Waals surface area contributed by atoms with Crippen molar-refractivity contribution < 1.29 is 4.79 Å². The van der Waals surface area contributed by atoms with Crippen LogP contribution in [0.5, 0.6) is 0 Å². The number of nitrogens with zero attached hydrogens (tertiary/aromatic N) is 2. The summed E-state index contributed by atoms with van der Waals surface area (Å²) in [5.74, 6) is 1.77. The fraction of sp³-hybridized carbons (Fsp3) is 0.368. The van der Waals surface area contributed by atoms with Crippen molar-refractivity contribution >= 4 is 28.7 Å². The van der Waals surface area contributed by atoms with E-state index in [0.717, 1.165) is 47.6 Å². The SMILES string of the molecule is CSCC[C@H](NC(=O)c1cccn1C1CC1)c1nc2ccccc2[nH]1. The van der Waals surface area contributed by atoms with E-state index in [2.05, 4.69) is 26.1 Å². The Balaban J connectivity index is 1.58. The van der Waals surface area contributed by atoms with Crippen molar-refractivity contribution in [2.75, 3.05) is 12.0 Å². The Kier molecular flexibility index (Phi) is 4.53. The standard InChI is InChI=1S/C19H22N4OS/c1-25-12-10-16(18-20-14-5-2-3-6-15(14)21-18)22-19(24)17-7-4-11-23(17)13-8-9-13/h2-7,11,13,16H,8-10,12H2,1H3,(H,20,21)(H,22,24)/t16-/m0/s1. The van der Waals surface area contributed by atoms with Crippen molar-refractivity contribution in [3.05, 3.63) is 54.1 Å². The van der Waals surface area contributed by atoms with Gasteiger partial charge in [-0.15, -0.1) is 0 Å². The van der Waals surface area contributed by atoms with Crippen LogP contribution in [0, 0.1) is 0 Å². The summed E-state index contributed by atoms with van der Waals surface area (Å²) < 4.78 is 2.10. The first-order valence-electron chi connectivity index (χ1n) is 8.67. The number of carbonyl (C=O) groups excluding carboxylic acids is 1. The van der Waals surface area contributed by atoms with Gasteiger partial charge >= 0.3 is 0 Å². The van der Waals surface area contributed by atoms with Gasteiger partial charge in [-0.2, -0.15) is 11.8 Å². The second-order valence-corrected chi connectivity index (χ2v) is 7.46. The van der Waals surface area contributed by atoms with Crippen LogP contribution < -0.4 is 5.32 Å². The number of aromatic amines is 1. The van der Waals surface area contributed by atoms with Gasteiger partial charge in [-0.05, 0) is 55.5 Å². The lowest BCUT2D eigenvalue weighted by Gasteiger charge is -2.17. The number of hydrogen-bond donors (Lipinski definition) is 2. The molecule has 0 spiro atoms. The number of imidazole rings is 1. The minimum absolute atomic E-state index is 0.0246. The number of nitrogens with one attached hydrogen (secondary N) is 2. The van der Waals surface area contributed by atoms with Gasteiger partial charge in [0.2, 0.25) is 0 Å². The first kappa shape index (κ1) is 16.3. The third-order valence-corrected chi connectivity index (χ3v) is 5.25. The highest BCUT2D eigenvalue weighted by atomic mass is 32.2. The van der Waals surface area contributed by atoms with Gasteiger partial charge in [0.1, 0.15) is 11.5 Å². The van der Waals surface area contributed by atoms with Gasteiger partial charge in [0.05, 0.1) is 17.1 Å². The molecule has 6 heteroatoms. The Morgan fingerprint density at radius 3 is 2.96 bits per heavy atom. The van der Waals surface area contributed by atoms with Crippen molar-refractivity contribution in [3.8, 4) is 0 Å². The molecule has 1 aliphatic carbocycles. The average molecular weight is 354 g/mol. The summed E-state index contributed by atoms with van der Waals surface area (Å²) in [7, 11) is 0. The van der Waals surface area contributed by atoms with Crippen LogP contribution >= 0.6 is 11.8 Å². The highest BCUT2D eigenvalue weighted by Gasteiger charge is 2.28. The fourth-order valence-corrected chi connectivity index (χ4v) is 3.61. The fourth-order valence-electron chi connectivity index (χ4n) is 3.14. The van der Waals surface area contributed by atoms with Crippen LogP contribution in [-0.4, -0.2) is 32.5 Å². The smallest absolute Gasteiger partial charge is 0.268 e. The van der Waals surface area contributed by atoms with E-state index in [0.29, 0.717) is 6.04 Å². The third kappa shape index (κ3) is 3.44. The molecule has 0 aliphatic heterocycles. The van der Waals surface area contributed by atoms with E-state index in [1.54, 1.807) is 11.8 Å². The number of carbonyl (C=O) groups is 1. The molecule has 3 aromatic rings. The number of amides is 1. The van der Waals surface area contributed by atoms with E-state index < -0.39 is 0 Å². The number of benzene rings is 1. The molecule has 1 atom stereocenters. The van der Waals surface area contributed by atoms with Crippen LogP contribution in [0.1, 0.15) is 47.7 Å². The molecule has 25 heavy (non-hydrogen) atoms. The van der Waals surface area contributed by atoms with E-state index >= 15 is 0 Å². The van der Waals surface area contributed by atoms with E-state index in [9.17, 15) is 4.79 Å². The summed E-state index contributed by atoms with van der Waals surface area (Å²) >= 11 is 1.78. The zero-order chi connectivity index (χ0) is 17.2. The molecule has 0 saturated heterocycles. The minimum atomic E-state index is -0.116. The Labute approximate surface area is 151 Å². The number of thioether (sulfide) groups is 1. The normalized spacial score (nSPS) is 15.4. The second-order valence-electron chi connectivity index (χ2n) is 6.48. The lowest BCUT2D eigenvalue weighted by Crippen LogP contribution is -2.31. The predicted molar refractivity (Wildman–Crippen MR) is 102 cm³/mol. The molecule has 1 amide bonds. The number of hydrogen-bond acceptors (Lipinski definition) is 3. The Hall–Kier alpha value is -2.21. The van der Waals surface area contributed by atoms with Crippen molar-refractivity contribution in [3.63, 3.8) is 0 Å². The van der Waals surface area contributed by atoms with Gasteiger partial charge in [-0.25, -0.2) is 4.98 Å². The Morgan fingerprint density at radius 1 is 1.36 bits per heavy atom. The molecule has 2 heterocycles. The summed E-state index contributed by atoms with van der Waals surface area (Å²) in [5.41, 5.74) is 2.68. The molecule has 130 valence electrons. The summed E-state index contributed by atoms with van der Waals surface area (Å²) in [6, 6.07) is 12.2. The zero-order valence-corrected chi connectivity index (χ0v) is 15.1. The lowest BCUT2D eigenvalue weighted by atomic mass is 10.2. The van der Waals surface area contributed by atoms with E-state index in [4.69, 9.17) is 0 Å². The molecule has 0 bridgehead atoms. The molecule has 2 aromatic heterocycles. The number of H-pyrrole nitrogens is 1. The molecular weight excluding hydrogens is 332 g/mol. The lowest BCUT2D eigenvalue weighted by molar-refractivity contribution is 0.0924. The molecule has 5 nitrogen and oxygen atoms in total. The minimum Gasteiger partial charge on any atom is -0.341 e. The number of rotatable bonds is 7. The van der Waals surface area contributed by atoms with Gasteiger partial charge < -0.3 is 14.9 Å². The average Bonchev–Trinajstić information content (AvgIpc) is 3.19. The maximum atomic E-state index is 12.8. The summed E-state index contributed by atoms with van der Waals surface area (Å²) in [5, 5.41) is 3.19. The molecule has 1 saturated carbocycles. The molecule has 2 N–H and O–H groups in total. The number of fused-ring (bicyclic) bond motifs is 1. The Morgan fingerprint density at radius 2 is 2.20 bits per heavy atom. The first-order chi connectivity index (χ1) is 12.3. The van der Waals surface area contributed by atoms with Crippen LogP contribution in [0.25, 0.3) is 11.0 Å². The van der Waals surface area contributed by atoms with Gasteiger partial charge in [0, 0.05) is 12.2 Å². The third-order valence-electron chi connectivity index (χ3n) is 4.61. The molecule has 4 rings (SSSR count). The van der Waals surface area contributed by atoms with E-state index in [1.807, 2.05) is 42.6 Å². The predicted octanol–water partition coefficient (Wildman–Crippen LogP) is 3.92. The van der Waals surface area contributed by atoms with Crippen molar-refractivity contribution in [2.24, 2.45) is 0 Å². The van der Waals surface area contributed by atoms with Crippen molar-refractivity contribution in [2.45, 2.75) is 31.3 Å². The van der Waals surface area contributed by atoms with Crippen LogP contribution in [-0.2, 0) is 0 Å². The van der Waals surface area contributed by atoms with Gasteiger partial charge in [-0.1, -0.05) is 12.1 Å². The summed E-state index contributed by atoms with van der Waals surface area (Å²) in [4.78, 5) is 20.9. The molecule has 1 aromatic carbocycles. The maximum absolute atomic E-state index is 12.8. The quantitative estimate of drug-likeness (QED) is 0.676. The second kappa shape index (κ2) is 6.96. The van der Waals surface area contributed by atoms with Crippen LogP contribution in [0.4, 0.5) is 0 Å². The highest BCUT2D eigenvalue weighted by Crippen LogP contribution is 2.36. The van der Waals surface area contributed by atoms with E-state index in [-0.39, 0.29) is 11.9 Å². The van der Waals surface area contributed by atoms with Crippen molar-refractivity contribution in [1.82, 2.24) is 19.9 Å². The zero-order valence-electron chi connectivity index (χ0n) is 14.2. The molecular formula is C19H22N4OS. The molecule has 1 fully saturated rings. The monoisotopic (exact) mass is 354 g/mol. The van der Waals surface area contributed by atoms with Crippen LogP contribution in [0.3, 0.4) is 0 Å². The maximum Gasteiger partial charge on any atom is 0.268 e. The largest absolute Gasteiger partial charge is 0.341 e. The number of para-hydroxylation sites is 2. The van der Waals surface area contributed by atoms with Gasteiger partial charge in [0.25, 0.3) is 5.91 Å². The topological polar surface area (TPSA) is 62.7 Å².